The lowest BCUT2D eigenvalue weighted by molar-refractivity contribution is 0.305. The van der Waals surface area contributed by atoms with Gasteiger partial charge >= 0.3 is 0 Å². The second kappa shape index (κ2) is 6.64. The number of nitrogens with zero attached hydrogens (tertiary/aromatic N) is 2. The second-order valence-corrected chi connectivity index (χ2v) is 7.08. The molecule has 0 radical (unpaired) electrons. The van der Waals surface area contributed by atoms with Crippen LogP contribution in [-0.2, 0) is 6.61 Å². The van der Waals surface area contributed by atoms with E-state index in [0.717, 1.165) is 28.1 Å². The van der Waals surface area contributed by atoms with E-state index >= 15 is 0 Å². The molecule has 2 heterocycles. The van der Waals surface area contributed by atoms with E-state index in [9.17, 15) is 9.18 Å². The number of aromatic nitrogens is 3. The highest BCUT2D eigenvalue weighted by molar-refractivity contribution is 5.77. The monoisotopic (exact) mass is 375 g/mol. The summed E-state index contributed by atoms with van der Waals surface area (Å²) in [6.45, 7) is 0.242. The summed E-state index contributed by atoms with van der Waals surface area (Å²) < 4.78 is 20.1. The number of aromatic amines is 1. The molecule has 1 saturated carbocycles. The van der Waals surface area contributed by atoms with Crippen LogP contribution in [0, 0.1) is 5.82 Å². The van der Waals surface area contributed by atoms with E-state index in [1.807, 2.05) is 24.3 Å². The Morgan fingerprint density at radius 2 is 1.93 bits per heavy atom. The fourth-order valence-electron chi connectivity index (χ4n) is 3.24. The number of hydrogen-bond donors (Lipinski definition) is 1. The number of nitrogens with one attached hydrogen (secondary N) is 1. The molecule has 0 bridgehead atoms. The van der Waals surface area contributed by atoms with Crippen LogP contribution in [0.5, 0.6) is 5.75 Å². The van der Waals surface area contributed by atoms with Crippen LogP contribution in [0.2, 0.25) is 0 Å². The average molecular weight is 375 g/mol. The summed E-state index contributed by atoms with van der Waals surface area (Å²) in [6, 6.07) is 15.0. The van der Waals surface area contributed by atoms with Crippen LogP contribution in [0.4, 0.5) is 4.39 Å². The third-order valence-corrected chi connectivity index (χ3v) is 4.93. The molecule has 0 amide bonds. The van der Waals surface area contributed by atoms with E-state index in [2.05, 4.69) is 9.97 Å². The smallest absolute Gasteiger partial charge is 0.255 e. The zero-order valence-corrected chi connectivity index (χ0v) is 15.1. The number of rotatable bonds is 5. The fraction of sp³-hybridized carbons (Fsp3) is 0.182. The Morgan fingerprint density at radius 1 is 1.11 bits per heavy atom. The van der Waals surface area contributed by atoms with Crippen molar-refractivity contribution < 1.29 is 9.13 Å². The number of benzene rings is 2. The van der Waals surface area contributed by atoms with E-state index in [4.69, 9.17) is 4.74 Å². The summed E-state index contributed by atoms with van der Waals surface area (Å²) >= 11 is 0. The first-order valence-electron chi connectivity index (χ1n) is 9.26. The maximum atomic E-state index is 12.9. The van der Waals surface area contributed by atoms with Gasteiger partial charge in [0.05, 0.1) is 16.7 Å². The van der Waals surface area contributed by atoms with Crippen LogP contribution in [0.3, 0.4) is 0 Å². The molecule has 0 aliphatic heterocycles. The quantitative estimate of drug-likeness (QED) is 0.565. The van der Waals surface area contributed by atoms with Gasteiger partial charge in [-0.05, 0) is 66.9 Å². The van der Waals surface area contributed by atoms with Crippen molar-refractivity contribution in [1.29, 1.82) is 0 Å². The molecule has 1 aliphatic rings. The molecule has 5 nitrogen and oxygen atoms in total. The maximum Gasteiger partial charge on any atom is 0.255 e. The summed E-state index contributed by atoms with van der Waals surface area (Å²) in [5, 5.41) is 0. The summed E-state index contributed by atoms with van der Waals surface area (Å²) in [5.41, 5.74) is 3.26. The van der Waals surface area contributed by atoms with Gasteiger partial charge in [-0.15, -0.1) is 0 Å². The first-order valence-corrected chi connectivity index (χ1v) is 9.26. The molecular formula is C22H18FN3O2. The third kappa shape index (κ3) is 3.29. The number of imidazole rings is 1. The van der Waals surface area contributed by atoms with Gasteiger partial charge in [-0.1, -0.05) is 0 Å². The molecule has 140 valence electrons. The zero-order valence-electron chi connectivity index (χ0n) is 15.1. The van der Waals surface area contributed by atoms with E-state index in [-0.39, 0.29) is 18.0 Å². The standard InChI is InChI=1S/C22H18FN3O2/c23-16-3-6-18(7-4-16)28-13-14-9-10-26(21(27)11-14)17-5-8-19-20(12-17)25-22(24-19)15-1-2-15/h3-12,15H,1-2,13H2,(H,24,25). The van der Waals surface area contributed by atoms with Gasteiger partial charge in [-0.25, -0.2) is 9.37 Å². The Labute approximate surface area is 160 Å². The molecule has 0 spiro atoms. The molecule has 5 rings (SSSR count). The molecule has 1 fully saturated rings. The molecule has 0 saturated heterocycles. The molecule has 0 atom stereocenters. The summed E-state index contributed by atoms with van der Waals surface area (Å²) in [7, 11) is 0. The number of halogens is 1. The highest BCUT2D eigenvalue weighted by Crippen LogP contribution is 2.39. The van der Waals surface area contributed by atoms with Crippen molar-refractivity contribution in [3.63, 3.8) is 0 Å². The molecule has 2 aromatic heterocycles. The minimum atomic E-state index is -0.312. The predicted molar refractivity (Wildman–Crippen MR) is 104 cm³/mol. The Bertz CT molecular complexity index is 1210. The minimum Gasteiger partial charge on any atom is -0.489 e. The van der Waals surface area contributed by atoms with E-state index in [1.165, 1.54) is 25.0 Å². The summed E-state index contributed by atoms with van der Waals surface area (Å²) in [6.07, 6.45) is 4.12. The van der Waals surface area contributed by atoms with Crippen molar-refractivity contribution in [3.8, 4) is 11.4 Å². The van der Waals surface area contributed by atoms with Gasteiger partial charge in [-0.2, -0.15) is 0 Å². The highest BCUT2D eigenvalue weighted by atomic mass is 19.1. The fourth-order valence-corrected chi connectivity index (χ4v) is 3.24. The molecule has 1 N–H and O–H groups in total. The van der Waals surface area contributed by atoms with E-state index in [1.54, 1.807) is 29.0 Å². The number of hydrogen-bond acceptors (Lipinski definition) is 3. The average Bonchev–Trinajstić information content (AvgIpc) is 3.46. The summed E-state index contributed by atoms with van der Waals surface area (Å²) in [5.74, 6) is 1.84. The van der Waals surface area contributed by atoms with Gasteiger partial charge in [-0.3, -0.25) is 9.36 Å². The van der Waals surface area contributed by atoms with Crippen LogP contribution in [0.15, 0.2) is 65.6 Å². The number of pyridine rings is 1. The van der Waals surface area contributed by atoms with Gasteiger partial charge in [0, 0.05) is 18.2 Å². The third-order valence-electron chi connectivity index (χ3n) is 4.93. The van der Waals surface area contributed by atoms with E-state index in [0.29, 0.717) is 11.7 Å². The van der Waals surface area contributed by atoms with Crippen LogP contribution in [0.25, 0.3) is 16.7 Å². The number of ether oxygens (including phenoxy) is 1. The van der Waals surface area contributed by atoms with Gasteiger partial charge in [0.1, 0.15) is 24.0 Å². The van der Waals surface area contributed by atoms with E-state index < -0.39 is 0 Å². The lowest BCUT2D eigenvalue weighted by Crippen LogP contribution is -2.17. The Morgan fingerprint density at radius 3 is 2.68 bits per heavy atom. The molecule has 28 heavy (non-hydrogen) atoms. The van der Waals surface area contributed by atoms with Gasteiger partial charge < -0.3 is 9.72 Å². The van der Waals surface area contributed by atoms with Crippen molar-refractivity contribution >= 4 is 11.0 Å². The molecule has 6 heteroatoms. The van der Waals surface area contributed by atoms with Crippen LogP contribution in [0.1, 0.15) is 30.1 Å². The van der Waals surface area contributed by atoms with Gasteiger partial charge in [0.15, 0.2) is 0 Å². The molecule has 4 aromatic rings. The maximum absolute atomic E-state index is 12.9. The van der Waals surface area contributed by atoms with Crippen LogP contribution in [-0.4, -0.2) is 14.5 Å². The Kier molecular flexibility index (Phi) is 3.97. The first-order chi connectivity index (χ1) is 13.7. The van der Waals surface area contributed by atoms with Crippen LogP contribution < -0.4 is 10.3 Å². The lowest BCUT2D eigenvalue weighted by atomic mass is 10.2. The highest BCUT2D eigenvalue weighted by Gasteiger charge is 2.26. The van der Waals surface area contributed by atoms with Gasteiger partial charge in [0.2, 0.25) is 0 Å². The van der Waals surface area contributed by atoms with Crippen molar-refractivity contribution in [2.75, 3.05) is 0 Å². The van der Waals surface area contributed by atoms with Crippen molar-refractivity contribution in [1.82, 2.24) is 14.5 Å². The van der Waals surface area contributed by atoms with Crippen molar-refractivity contribution in [3.05, 3.63) is 88.4 Å². The van der Waals surface area contributed by atoms with Crippen LogP contribution >= 0.6 is 0 Å². The summed E-state index contributed by atoms with van der Waals surface area (Å²) in [4.78, 5) is 20.6. The predicted octanol–water partition coefficient (Wildman–Crippen LogP) is 4.31. The lowest BCUT2D eigenvalue weighted by Gasteiger charge is -2.09. The minimum absolute atomic E-state index is 0.138. The molecule has 0 unspecified atom stereocenters. The van der Waals surface area contributed by atoms with Gasteiger partial charge in [0.25, 0.3) is 5.56 Å². The van der Waals surface area contributed by atoms with Crippen molar-refractivity contribution in [2.45, 2.75) is 25.4 Å². The number of fused-ring (bicyclic) bond motifs is 1. The molecular weight excluding hydrogens is 357 g/mol. The second-order valence-electron chi connectivity index (χ2n) is 7.08. The SMILES string of the molecule is O=c1cc(COc2ccc(F)cc2)ccn1-c1ccc2nc(C3CC3)[nH]c2c1. The topological polar surface area (TPSA) is 59.9 Å². The Hall–Kier alpha value is -3.41. The zero-order chi connectivity index (χ0) is 19.1. The molecule has 2 aromatic carbocycles. The van der Waals surface area contributed by atoms with Crippen molar-refractivity contribution in [2.24, 2.45) is 0 Å². The molecule has 1 aliphatic carbocycles. The normalized spacial score (nSPS) is 13.8. The number of H-pyrrole nitrogens is 1. The largest absolute Gasteiger partial charge is 0.489 e. The Balaban J connectivity index is 1.37. The first kappa shape index (κ1) is 16.7.